The van der Waals surface area contributed by atoms with Gasteiger partial charge in [0.1, 0.15) is 11.5 Å². The number of carbonyl (C=O) groups is 2. The normalized spacial score (nSPS) is 15.6. The Balaban J connectivity index is 0.000000561. The summed E-state index contributed by atoms with van der Waals surface area (Å²) in [6.07, 6.45) is 0.931. The Morgan fingerprint density at radius 3 is 1.90 bits per heavy atom. The first-order chi connectivity index (χ1) is 23.9. The molecule has 2 aliphatic rings. The number of alkyl halides is 3. The fraction of sp³-hybridized carbons (Fsp3) is 0.297. The maximum atomic E-state index is 11.4. The Morgan fingerprint density at radius 2 is 1.38 bits per heavy atom. The van der Waals surface area contributed by atoms with E-state index >= 15 is 0 Å². The number of benzene rings is 3. The predicted molar refractivity (Wildman–Crippen MR) is 184 cm³/mol. The van der Waals surface area contributed by atoms with Crippen LogP contribution in [0.15, 0.2) is 85.1 Å². The topological polar surface area (TPSA) is 109 Å². The molecule has 2 N–H and O–H groups in total. The molecule has 7 rings (SSSR count). The smallest absolute Gasteiger partial charge is 0.477 e. The van der Waals surface area contributed by atoms with Crippen molar-refractivity contribution in [2.45, 2.75) is 56.3 Å². The summed E-state index contributed by atoms with van der Waals surface area (Å²) in [4.78, 5) is 31.8. The van der Waals surface area contributed by atoms with E-state index in [1.165, 1.54) is 40.9 Å². The molecule has 1 aliphatic heterocycles. The number of carboxylic acids is 2. The van der Waals surface area contributed by atoms with Crippen molar-refractivity contribution in [2.75, 3.05) is 13.1 Å². The van der Waals surface area contributed by atoms with Crippen molar-refractivity contribution in [1.29, 1.82) is 0 Å². The molecule has 0 unspecified atom stereocenters. The van der Waals surface area contributed by atoms with Crippen LogP contribution in [0, 0.1) is 0 Å². The minimum absolute atomic E-state index is 0.0320. The average molecular weight is 726 g/mol. The summed E-state index contributed by atoms with van der Waals surface area (Å²) >= 11 is 12.5. The van der Waals surface area contributed by atoms with Crippen LogP contribution in [0.4, 0.5) is 13.2 Å². The van der Waals surface area contributed by atoms with Crippen LogP contribution in [-0.4, -0.2) is 60.9 Å². The number of rotatable bonds is 8. The van der Waals surface area contributed by atoms with E-state index in [2.05, 4.69) is 56.9 Å². The van der Waals surface area contributed by atoms with Crippen LogP contribution >= 0.6 is 23.2 Å². The van der Waals surface area contributed by atoms with Gasteiger partial charge in [0.25, 0.3) is 0 Å². The summed E-state index contributed by atoms with van der Waals surface area (Å²) in [5, 5.41) is 17.9. The van der Waals surface area contributed by atoms with Crippen molar-refractivity contribution < 1.29 is 33.0 Å². The second-order valence-corrected chi connectivity index (χ2v) is 13.4. The highest BCUT2D eigenvalue weighted by Crippen LogP contribution is 2.44. The van der Waals surface area contributed by atoms with Gasteiger partial charge in [-0.1, -0.05) is 53.5 Å². The van der Waals surface area contributed by atoms with Gasteiger partial charge in [-0.05, 0) is 96.5 Å². The number of piperidine rings is 1. The van der Waals surface area contributed by atoms with Crippen LogP contribution in [0.25, 0.3) is 11.0 Å². The van der Waals surface area contributed by atoms with Gasteiger partial charge in [0.2, 0.25) is 0 Å². The zero-order valence-corrected chi connectivity index (χ0v) is 28.2. The van der Waals surface area contributed by atoms with Crippen LogP contribution in [-0.2, 0) is 11.3 Å². The summed E-state index contributed by atoms with van der Waals surface area (Å²) in [5.74, 6) is -1.96. The van der Waals surface area contributed by atoms with Gasteiger partial charge >= 0.3 is 18.1 Å². The highest BCUT2D eigenvalue weighted by Gasteiger charge is 2.38. The fourth-order valence-electron chi connectivity index (χ4n) is 6.49. The molecule has 5 aromatic rings. The van der Waals surface area contributed by atoms with E-state index in [0.717, 1.165) is 53.6 Å². The van der Waals surface area contributed by atoms with Crippen LogP contribution < -0.4 is 0 Å². The Labute approximate surface area is 296 Å². The minimum Gasteiger partial charge on any atom is -0.477 e. The monoisotopic (exact) mass is 724 g/mol. The van der Waals surface area contributed by atoms with E-state index in [4.69, 9.17) is 38.1 Å². The maximum Gasteiger partial charge on any atom is 0.490 e. The van der Waals surface area contributed by atoms with E-state index in [1.807, 2.05) is 30.3 Å². The van der Waals surface area contributed by atoms with E-state index in [0.29, 0.717) is 12.0 Å². The highest BCUT2D eigenvalue weighted by atomic mass is 35.5. The molecule has 8 nitrogen and oxygen atoms in total. The molecule has 0 bridgehead atoms. The molecule has 3 aromatic carbocycles. The molecule has 0 radical (unpaired) electrons. The number of pyridine rings is 1. The number of nitrogens with zero attached hydrogens (tertiary/aromatic N) is 4. The highest BCUT2D eigenvalue weighted by molar-refractivity contribution is 6.30. The van der Waals surface area contributed by atoms with Crippen LogP contribution in [0.1, 0.15) is 82.1 Å². The molecule has 1 saturated carbocycles. The largest absolute Gasteiger partial charge is 0.490 e. The first kappa shape index (κ1) is 35.4. The van der Waals surface area contributed by atoms with Crippen molar-refractivity contribution in [3.05, 3.63) is 129 Å². The van der Waals surface area contributed by atoms with E-state index in [9.17, 15) is 23.1 Å². The summed E-state index contributed by atoms with van der Waals surface area (Å²) in [6.45, 7) is 2.61. The first-order valence-corrected chi connectivity index (χ1v) is 16.9. The number of aliphatic carboxylic acids is 1. The fourth-order valence-corrected chi connectivity index (χ4v) is 6.74. The molecule has 0 atom stereocenters. The number of aromatic carboxylic acids is 1. The molecule has 2 fully saturated rings. The zero-order chi connectivity index (χ0) is 35.6. The molecule has 0 amide bonds. The number of fused-ring (bicyclic) bond motifs is 1. The van der Waals surface area contributed by atoms with E-state index in [-0.39, 0.29) is 11.6 Å². The first-order valence-electron chi connectivity index (χ1n) is 16.1. The number of aromatic nitrogens is 3. The summed E-state index contributed by atoms with van der Waals surface area (Å²) in [5.41, 5.74) is 6.90. The number of hydrogen-bond donors (Lipinski definition) is 2. The van der Waals surface area contributed by atoms with Crippen molar-refractivity contribution in [1.82, 2.24) is 19.4 Å². The molecule has 0 spiro atoms. The number of halogens is 5. The lowest BCUT2D eigenvalue weighted by Crippen LogP contribution is -2.34. The molecular formula is C37H33Cl2F3N4O4. The minimum atomic E-state index is -5.08. The van der Waals surface area contributed by atoms with Crippen molar-refractivity contribution >= 4 is 46.2 Å². The lowest BCUT2D eigenvalue weighted by Gasteiger charge is -2.34. The molecule has 2 aromatic heterocycles. The SMILES string of the molecule is O=C(O)C(F)(F)F.O=C(O)c1cc(CN2CCC(n3c(C4CC4)nc4ccc(C(c5ccc(Cl)cc5)c5ccc(Cl)cc5)cc43)CC2)ccn1. The van der Waals surface area contributed by atoms with Gasteiger partial charge in [-0.15, -0.1) is 0 Å². The predicted octanol–water partition coefficient (Wildman–Crippen LogP) is 8.96. The molecular weight excluding hydrogens is 692 g/mol. The van der Waals surface area contributed by atoms with Crippen LogP contribution in [0.3, 0.4) is 0 Å². The van der Waals surface area contributed by atoms with Gasteiger partial charge in [-0.3, -0.25) is 4.90 Å². The maximum absolute atomic E-state index is 11.4. The average Bonchev–Trinajstić information content (AvgIpc) is 3.87. The quantitative estimate of drug-likeness (QED) is 0.154. The van der Waals surface area contributed by atoms with Gasteiger partial charge in [0, 0.05) is 53.8 Å². The standard InChI is InChI=1S/C35H32Cl2N4O2.C2HF3O2/c36-27-8-3-23(4-9-27)33(24-5-10-28(37)11-6-24)26-7-12-30-32(20-26)41(34(39-30)25-1-2-25)29-14-17-40(18-15-29)21-22-13-16-38-31(19-22)35(42)43;3-2(4,5)1(6)7/h3-13,16,19-20,25,29,33H,1-2,14-15,17-18,21H2,(H,42,43);(H,6,7). The summed E-state index contributed by atoms with van der Waals surface area (Å²) < 4.78 is 34.3. The lowest BCUT2D eigenvalue weighted by atomic mass is 9.85. The summed E-state index contributed by atoms with van der Waals surface area (Å²) in [7, 11) is 0. The molecule has 260 valence electrons. The van der Waals surface area contributed by atoms with E-state index < -0.39 is 18.1 Å². The molecule has 1 saturated heterocycles. The van der Waals surface area contributed by atoms with Crippen LogP contribution in [0.2, 0.25) is 10.0 Å². The van der Waals surface area contributed by atoms with Crippen molar-refractivity contribution in [3.63, 3.8) is 0 Å². The number of hydrogen-bond acceptors (Lipinski definition) is 5. The second kappa shape index (κ2) is 14.8. The molecule has 50 heavy (non-hydrogen) atoms. The zero-order valence-electron chi connectivity index (χ0n) is 26.7. The van der Waals surface area contributed by atoms with Gasteiger partial charge in [0.15, 0.2) is 0 Å². The van der Waals surface area contributed by atoms with Crippen molar-refractivity contribution in [3.8, 4) is 0 Å². The number of carboxylic acid groups (broad SMARTS) is 2. The van der Waals surface area contributed by atoms with Gasteiger partial charge in [0.05, 0.1) is 11.0 Å². The molecule has 3 heterocycles. The molecule has 13 heteroatoms. The Bertz CT molecular complexity index is 1940. The third-order valence-corrected chi connectivity index (χ3v) is 9.54. The Kier molecular flexibility index (Phi) is 10.5. The third kappa shape index (κ3) is 8.29. The number of likely N-dealkylation sites (tertiary alicyclic amines) is 1. The van der Waals surface area contributed by atoms with Gasteiger partial charge in [-0.25, -0.2) is 19.6 Å². The van der Waals surface area contributed by atoms with Gasteiger partial charge < -0.3 is 14.8 Å². The Morgan fingerprint density at radius 1 is 0.820 bits per heavy atom. The molecule has 1 aliphatic carbocycles. The number of imidazole rings is 1. The van der Waals surface area contributed by atoms with Gasteiger partial charge in [-0.2, -0.15) is 13.2 Å². The summed E-state index contributed by atoms with van der Waals surface area (Å²) in [6, 6.07) is 27.0. The lowest BCUT2D eigenvalue weighted by molar-refractivity contribution is -0.192. The van der Waals surface area contributed by atoms with E-state index in [1.54, 1.807) is 12.3 Å². The second-order valence-electron chi connectivity index (χ2n) is 12.6. The van der Waals surface area contributed by atoms with Crippen molar-refractivity contribution in [2.24, 2.45) is 0 Å². The Hall–Kier alpha value is -4.45. The van der Waals surface area contributed by atoms with Crippen LogP contribution in [0.5, 0.6) is 0 Å². The third-order valence-electron chi connectivity index (χ3n) is 9.04.